The Labute approximate surface area is 162 Å². The minimum Gasteiger partial charge on any atom is -0.493 e. The lowest BCUT2D eigenvalue weighted by atomic mass is 10.1. The molecule has 0 aliphatic carbocycles. The van der Waals surface area contributed by atoms with E-state index in [1.165, 1.54) is 43.8 Å². The second-order valence-corrected chi connectivity index (χ2v) is 5.59. The van der Waals surface area contributed by atoms with Crippen LogP contribution in [0.25, 0.3) is 0 Å². The lowest BCUT2D eigenvalue weighted by Crippen LogP contribution is -2.36. The van der Waals surface area contributed by atoms with Crippen LogP contribution < -0.4 is 14.6 Å². The monoisotopic (exact) mass is 407 g/mol. The summed E-state index contributed by atoms with van der Waals surface area (Å²) in [6, 6.07) is 8.15. The molecule has 0 aliphatic heterocycles. The predicted octanol–water partition coefficient (Wildman–Crippen LogP) is 4.28. The number of hydrogen-bond donors (Lipinski definition) is 0. The Bertz CT molecular complexity index is 1010. The van der Waals surface area contributed by atoms with Gasteiger partial charge in [-0.3, -0.25) is 14.8 Å². The molecule has 0 aliphatic rings. The summed E-state index contributed by atoms with van der Waals surface area (Å²) in [5.74, 6) is -1.90. The van der Waals surface area contributed by atoms with Gasteiger partial charge in [0, 0.05) is 24.7 Å². The van der Waals surface area contributed by atoms with Crippen LogP contribution in [-0.2, 0) is 6.18 Å². The molecule has 1 amide bonds. The number of ether oxygens (including phenoxy) is 1. The molecule has 1 aromatic carbocycles. The first-order chi connectivity index (χ1) is 13.8. The van der Waals surface area contributed by atoms with Crippen molar-refractivity contribution in [3.63, 3.8) is 0 Å². The van der Waals surface area contributed by atoms with Gasteiger partial charge >= 0.3 is 6.18 Å². The van der Waals surface area contributed by atoms with Crippen LogP contribution in [0.15, 0.2) is 61.1 Å². The predicted molar refractivity (Wildman–Crippen MR) is 93.9 cm³/mol. The van der Waals surface area contributed by atoms with Crippen molar-refractivity contribution in [3.8, 4) is 11.5 Å². The molecule has 0 atom stereocenters. The van der Waals surface area contributed by atoms with Gasteiger partial charge in [-0.05, 0) is 36.4 Å². The molecule has 2 heterocycles. The molecule has 6 nitrogen and oxygen atoms in total. The minimum atomic E-state index is -4.86. The minimum absolute atomic E-state index is 0.0564. The van der Waals surface area contributed by atoms with Crippen LogP contribution in [0.1, 0.15) is 16.1 Å². The molecular weight excluding hydrogens is 394 g/mol. The Balaban J connectivity index is 2.08. The largest absolute Gasteiger partial charge is 0.493 e. The summed E-state index contributed by atoms with van der Waals surface area (Å²) < 4.78 is 58.4. The molecule has 0 saturated carbocycles. The Hall–Kier alpha value is -3.69. The second-order valence-electron chi connectivity index (χ2n) is 5.59. The van der Waals surface area contributed by atoms with E-state index in [-0.39, 0.29) is 17.2 Å². The smallest absolute Gasteiger partial charge is 0.434 e. The Morgan fingerprint density at radius 1 is 1.03 bits per heavy atom. The summed E-state index contributed by atoms with van der Waals surface area (Å²) in [6.07, 6.45) is -1.27. The average Bonchev–Trinajstić information content (AvgIpc) is 2.72. The van der Waals surface area contributed by atoms with E-state index in [9.17, 15) is 22.4 Å². The maximum Gasteiger partial charge on any atom is 0.434 e. The number of amides is 1. The highest BCUT2D eigenvalue weighted by Crippen LogP contribution is 2.33. The number of pyridine rings is 2. The van der Waals surface area contributed by atoms with E-state index in [2.05, 4.69) is 9.97 Å². The Morgan fingerprint density at radius 3 is 2.41 bits per heavy atom. The molecule has 150 valence electrons. The summed E-state index contributed by atoms with van der Waals surface area (Å²) >= 11 is 0. The maximum absolute atomic E-state index is 13.4. The lowest BCUT2D eigenvalue weighted by Gasteiger charge is -2.24. The van der Waals surface area contributed by atoms with Gasteiger partial charge in [-0.1, -0.05) is 0 Å². The number of carbonyl (C=O) groups is 1. The molecule has 0 saturated heterocycles. The van der Waals surface area contributed by atoms with E-state index in [0.29, 0.717) is 5.06 Å². The standard InChI is InChI=1S/C19H13F4N3O3/c1-28-16-11-12(20)4-5-15(16)29-26(13-6-9-24-10-7-13)18(27)14-3-2-8-25-17(14)19(21,22)23/h2-11H,1H3. The number of aromatic nitrogens is 2. The third kappa shape index (κ3) is 4.42. The highest BCUT2D eigenvalue weighted by Gasteiger charge is 2.38. The first kappa shape index (κ1) is 20.1. The molecule has 3 aromatic rings. The van der Waals surface area contributed by atoms with Crippen LogP contribution in [0.2, 0.25) is 0 Å². The third-order valence-corrected chi connectivity index (χ3v) is 3.70. The van der Waals surface area contributed by atoms with Crippen LogP contribution in [0.5, 0.6) is 11.5 Å². The van der Waals surface area contributed by atoms with E-state index in [1.807, 2.05) is 0 Å². The molecule has 0 bridgehead atoms. The summed E-state index contributed by atoms with van der Waals surface area (Å²) in [4.78, 5) is 25.6. The van der Waals surface area contributed by atoms with Gasteiger partial charge in [0.25, 0.3) is 5.91 Å². The quantitative estimate of drug-likeness (QED) is 0.467. The number of alkyl halides is 3. The molecule has 0 N–H and O–H groups in total. The number of anilines is 1. The summed E-state index contributed by atoms with van der Waals surface area (Å²) in [7, 11) is 1.25. The van der Waals surface area contributed by atoms with Gasteiger partial charge in [0.15, 0.2) is 17.2 Å². The van der Waals surface area contributed by atoms with Crippen molar-refractivity contribution in [3.05, 3.63) is 78.1 Å². The van der Waals surface area contributed by atoms with Crippen molar-refractivity contribution in [2.45, 2.75) is 6.18 Å². The number of methoxy groups -OCH3 is 1. The van der Waals surface area contributed by atoms with Gasteiger partial charge < -0.3 is 9.57 Å². The molecule has 0 unspecified atom stereocenters. The third-order valence-electron chi connectivity index (χ3n) is 3.70. The van der Waals surface area contributed by atoms with E-state index in [1.54, 1.807) is 0 Å². The van der Waals surface area contributed by atoms with Gasteiger partial charge in [-0.2, -0.15) is 13.2 Å². The first-order valence-electron chi connectivity index (χ1n) is 8.09. The van der Waals surface area contributed by atoms with Crippen molar-refractivity contribution in [2.24, 2.45) is 0 Å². The van der Waals surface area contributed by atoms with Crippen molar-refractivity contribution in [1.29, 1.82) is 0 Å². The fourth-order valence-corrected chi connectivity index (χ4v) is 2.42. The SMILES string of the molecule is COc1cc(F)ccc1ON(C(=O)c1cccnc1C(F)(F)F)c1ccncc1. The van der Waals surface area contributed by atoms with Crippen molar-refractivity contribution < 1.29 is 31.9 Å². The number of halogens is 4. The van der Waals surface area contributed by atoms with Gasteiger partial charge in [0.2, 0.25) is 0 Å². The van der Waals surface area contributed by atoms with Crippen molar-refractivity contribution >= 4 is 11.6 Å². The lowest BCUT2D eigenvalue weighted by molar-refractivity contribution is -0.141. The topological polar surface area (TPSA) is 64.6 Å². The second kappa shape index (κ2) is 8.13. The molecule has 29 heavy (non-hydrogen) atoms. The molecule has 0 radical (unpaired) electrons. The highest BCUT2D eigenvalue weighted by molar-refractivity contribution is 6.05. The Morgan fingerprint density at radius 2 is 1.76 bits per heavy atom. The van der Waals surface area contributed by atoms with Crippen LogP contribution >= 0.6 is 0 Å². The summed E-state index contributed by atoms with van der Waals surface area (Å²) in [5.41, 5.74) is -2.00. The van der Waals surface area contributed by atoms with E-state index in [0.717, 1.165) is 24.4 Å². The number of carbonyl (C=O) groups excluding carboxylic acids is 1. The summed E-state index contributed by atoms with van der Waals surface area (Å²) in [5, 5.41) is 0.629. The molecule has 0 fully saturated rings. The number of nitrogens with zero attached hydrogens (tertiary/aromatic N) is 3. The molecule has 2 aromatic heterocycles. The molecule has 3 rings (SSSR count). The summed E-state index contributed by atoms with van der Waals surface area (Å²) in [6.45, 7) is 0. The highest BCUT2D eigenvalue weighted by atomic mass is 19.4. The maximum atomic E-state index is 13.4. The van der Waals surface area contributed by atoms with E-state index < -0.39 is 29.2 Å². The number of rotatable bonds is 5. The van der Waals surface area contributed by atoms with Crippen LogP contribution in [0.3, 0.4) is 0 Å². The first-order valence-corrected chi connectivity index (χ1v) is 8.09. The van der Waals surface area contributed by atoms with Gasteiger partial charge in [0.1, 0.15) is 5.82 Å². The van der Waals surface area contributed by atoms with Gasteiger partial charge in [-0.25, -0.2) is 4.39 Å². The van der Waals surface area contributed by atoms with Crippen molar-refractivity contribution in [2.75, 3.05) is 12.2 Å². The molecule has 0 spiro atoms. The normalized spacial score (nSPS) is 11.1. The number of benzene rings is 1. The zero-order chi connectivity index (χ0) is 21.0. The number of hydroxylamine groups is 1. The molecule has 10 heteroatoms. The number of hydrogen-bond acceptors (Lipinski definition) is 5. The van der Waals surface area contributed by atoms with Crippen molar-refractivity contribution in [1.82, 2.24) is 9.97 Å². The Kier molecular flexibility index (Phi) is 5.62. The van der Waals surface area contributed by atoms with Crippen LogP contribution in [0.4, 0.5) is 23.2 Å². The van der Waals surface area contributed by atoms with Crippen LogP contribution in [-0.4, -0.2) is 23.0 Å². The fourth-order valence-electron chi connectivity index (χ4n) is 2.42. The van der Waals surface area contributed by atoms with Crippen LogP contribution in [0, 0.1) is 5.82 Å². The zero-order valence-electron chi connectivity index (χ0n) is 14.9. The van der Waals surface area contributed by atoms with Gasteiger partial charge in [0.05, 0.1) is 18.4 Å². The zero-order valence-corrected chi connectivity index (χ0v) is 14.9. The van der Waals surface area contributed by atoms with E-state index in [4.69, 9.17) is 9.57 Å². The van der Waals surface area contributed by atoms with Gasteiger partial charge in [-0.15, -0.1) is 5.06 Å². The average molecular weight is 407 g/mol. The van der Waals surface area contributed by atoms with E-state index >= 15 is 0 Å². The fraction of sp³-hybridized carbons (Fsp3) is 0.105. The molecular formula is C19H13F4N3O3.